The number of hydrogen-bond acceptors (Lipinski definition) is 17. The third-order valence-electron chi connectivity index (χ3n) is 9.45. The molecule has 0 aliphatic rings. The molecule has 0 saturated heterocycles. The Labute approximate surface area is 354 Å². The zero-order chi connectivity index (χ0) is 45.1. The fourth-order valence-electron chi connectivity index (χ4n) is 6.22. The van der Waals surface area contributed by atoms with Gasteiger partial charge in [-0.3, -0.25) is 32.3 Å². The van der Waals surface area contributed by atoms with Crippen LogP contribution in [0.1, 0.15) is 31.1 Å². The highest BCUT2D eigenvalue weighted by Gasteiger charge is 2.40. The van der Waals surface area contributed by atoms with E-state index in [1.54, 1.807) is 30.3 Å². The maximum atomic E-state index is 14.5. The smallest absolute Gasteiger partial charge is 0.383 e. The predicted molar refractivity (Wildman–Crippen MR) is 218 cm³/mol. The Kier molecular flexibility index (Phi) is 17.8. The van der Waals surface area contributed by atoms with Gasteiger partial charge in [0.1, 0.15) is 36.1 Å². The lowest BCUT2D eigenvalue weighted by Gasteiger charge is -2.34. The van der Waals surface area contributed by atoms with Crippen molar-refractivity contribution < 1.29 is 61.6 Å². The van der Waals surface area contributed by atoms with E-state index >= 15 is 0 Å². The molecule has 4 aromatic rings. The van der Waals surface area contributed by atoms with Gasteiger partial charge in [0.2, 0.25) is 5.91 Å². The number of aliphatic hydroxyl groups is 1. The van der Waals surface area contributed by atoms with Crippen LogP contribution in [-0.4, -0.2) is 124 Å². The molecule has 0 aliphatic heterocycles. The van der Waals surface area contributed by atoms with Crippen LogP contribution in [0.4, 0.5) is 11.6 Å². The van der Waals surface area contributed by atoms with Crippen LogP contribution >= 0.6 is 27.2 Å². The lowest BCUT2D eigenvalue weighted by atomic mass is 9.89. The molecule has 0 fully saturated rings. The number of Topliss-reactive ketones (excluding diaryl/α,β-unsaturated/α-hetero) is 1. The molecule has 0 bridgehead atoms. The number of imidazole rings is 1. The SMILES string of the molecule is C=CCCC(=O)N(C)[C@@H](Cc1cccc(Cl)c1)C(=O)C[C@@H]([C@@H](O)n1cnc2c(N)ncnc21)[C@@H](COP(=O)(O)O[C@@H](Cn1ccc(N)nc1=O)[C@@H](COP(=O)(O)O)OC)OC. The molecule has 4 rings (SSSR count). The molecule has 1 unspecified atom stereocenters. The van der Waals surface area contributed by atoms with Crippen molar-refractivity contribution in [2.45, 2.75) is 62.8 Å². The molecular formula is C35H48ClN9O14P2. The van der Waals surface area contributed by atoms with E-state index in [0.717, 1.165) is 18.0 Å². The molecular weight excluding hydrogens is 868 g/mol. The highest BCUT2D eigenvalue weighted by Crippen LogP contribution is 2.47. The Hall–Kier alpha value is -4.48. The van der Waals surface area contributed by atoms with E-state index in [1.807, 2.05) is 0 Å². The number of phosphoric acid groups is 2. The molecule has 23 nitrogen and oxygen atoms in total. The number of rotatable bonds is 25. The number of nitrogens with zero attached hydrogens (tertiary/aromatic N) is 7. The lowest BCUT2D eigenvalue weighted by molar-refractivity contribution is -0.140. The van der Waals surface area contributed by atoms with Gasteiger partial charge in [-0.2, -0.15) is 4.98 Å². The first-order valence-electron chi connectivity index (χ1n) is 18.3. The molecule has 7 atom stereocenters. The molecule has 8 N–H and O–H groups in total. The van der Waals surface area contributed by atoms with Crippen molar-refractivity contribution in [1.29, 1.82) is 0 Å². The third-order valence-corrected chi connectivity index (χ3v) is 11.2. The van der Waals surface area contributed by atoms with Gasteiger partial charge < -0.3 is 45.6 Å². The summed E-state index contributed by atoms with van der Waals surface area (Å²) < 4.78 is 53.6. The number of hydrogen-bond donors (Lipinski definition) is 6. The average Bonchev–Trinajstić information content (AvgIpc) is 3.64. The molecule has 3 aromatic heterocycles. The number of aliphatic hydroxyl groups excluding tert-OH is 1. The summed E-state index contributed by atoms with van der Waals surface area (Å²) in [6.45, 7) is 1.35. The number of ether oxygens (including phenoxy) is 2. The average molecular weight is 916 g/mol. The first-order chi connectivity index (χ1) is 28.8. The van der Waals surface area contributed by atoms with Gasteiger partial charge >= 0.3 is 21.3 Å². The number of nitrogens with two attached hydrogens (primary N) is 2. The van der Waals surface area contributed by atoms with Gasteiger partial charge in [0.15, 0.2) is 17.2 Å². The van der Waals surface area contributed by atoms with Gasteiger partial charge in [-0.05, 0) is 36.6 Å². The highest BCUT2D eigenvalue weighted by atomic mass is 35.5. The Morgan fingerprint density at radius 1 is 1.03 bits per heavy atom. The van der Waals surface area contributed by atoms with Crippen LogP contribution in [-0.2, 0) is 54.7 Å². The van der Waals surface area contributed by atoms with E-state index in [-0.39, 0.29) is 41.5 Å². The molecule has 26 heteroatoms. The van der Waals surface area contributed by atoms with Crippen molar-refractivity contribution in [3.63, 3.8) is 0 Å². The van der Waals surface area contributed by atoms with Crippen LogP contribution < -0.4 is 17.2 Å². The van der Waals surface area contributed by atoms with Crippen LogP contribution in [0.25, 0.3) is 11.2 Å². The minimum atomic E-state index is -5.29. The summed E-state index contributed by atoms with van der Waals surface area (Å²) in [5.74, 6) is -2.42. The number of carbonyl (C=O) groups is 2. The number of methoxy groups -OCH3 is 2. The number of nitrogen functional groups attached to an aromatic ring is 2. The number of halogens is 1. The Morgan fingerprint density at radius 2 is 1.74 bits per heavy atom. The van der Waals surface area contributed by atoms with Crippen molar-refractivity contribution in [3.05, 3.63) is 82.9 Å². The number of allylic oxidation sites excluding steroid dienone is 1. The number of anilines is 2. The summed E-state index contributed by atoms with van der Waals surface area (Å²) >= 11 is 6.25. The predicted octanol–water partition coefficient (Wildman–Crippen LogP) is 1.64. The molecule has 61 heavy (non-hydrogen) atoms. The first kappa shape index (κ1) is 49.2. The van der Waals surface area contributed by atoms with E-state index in [2.05, 4.69) is 31.0 Å². The van der Waals surface area contributed by atoms with Gasteiger partial charge in [-0.15, -0.1) is 6.58 Å². The number of benzene rings is 1. The summed E-state index contributed by atoms with van der Waals surface area (Å²) in [5, 5.41) is 12.4. The van der Waals surface area contributed by atoms with Crippen molar-refractivity contribution in [3.8, 4) is 0 Å². The summed E-state index contributed by atoms with van der Waals surface area (Å²) in [7, 11) is -6.64. The van der Waals surface area contributed by atoms with Crippen molar-refractivity contribution in [2.75, 3.05) is 45.9 Å². The number of fused-ring (bicyclic) bond motifs is 1. The van der Waals surface area contributed by atoms with E-state index in [4.69, 9.17) is 41.6 Å². The molecule has 334 valence electrons. The summed E-state index contributed by atoms with van der Waals surface area (Å²) in [6.07, 6.45) is -1.36. The minimum absolute atomic E-state index is 0.0121. The molecule has 1 aromatic carbocycles. The van der Waals surface area contributed by atoms with E-state index in [1.165, 1.54) is 42.2 Å². The molecule has 0 saturated carbocycles. The summed E-state index contributed by atoms with van der Waals surface area (Å²) in [6, 6.07) is 6.84. The quantitative estimate of drug-likeness (QED) is 0.0406. The van der Waals surface area contributed by atoms with Crippen LogP contribution in [0, 0.1) is 5.92 Å². The number of carbonyl (C=O) groups excluding carboxylic acids is 2. The van der Waals surface area contributed by atoms with Gasteiger partial charge in [-0.25, -0.2) is 28.9 Å². The number of amides is 1. The van der Waals surface area contributed by atoms with Crippen molar-refractivity contribution in [1.82, 2.24) is 34.0 Å². The number of likely N-dealkylation sites (N-methyl/N-ethyl adjacent to an activating group) is 1. The largest absolute Gasteiger partial charge is 0.472 e. The van der Waals surface area contributed by atoms with E-state index in [0.29, 0.717) is 17.0 Å². The molecule has 0 aliphatic carbocycles. The number of phosphoric ester groups is 2. The number of aromatic nitrogens is 6. The standard InChI is InChI=1S/C35H48ClN9O14P2/c1-5-6-10-30(47)43(2)24(14-21-8-7-9-22(36)13-21)25(46)15-23(34(48)45-20-41-31-32(38)39-19-40-33(31)45)27(55-3)17-58-61(53,54)59-26(28(56-4)18-57-60(50,51)52)16-44-12-11-29(37)42-35(44)49/h5,7-9,11-13,19-20,23-24,26-28,34,48H,1,6,10,14-18H2,2-4H3,(H,53,54)(H2,37,42,49)(H2,38,39,40)(H2,50,51,52)/t23-,24+,26+,27-,28-,34-/m1/s1. The second-order valence-electron chi connectivity index (χ2n) is 13.5. The zero-order valence-corrected chi connectivity index (χ0v) is 35.8. The topological polar surface area (TPSA) is 329 Å². The summed E-state index contributed by atoms with van der Waals surface area (Å²) in [5.41, 5.74) is 11.5. The fraction of sp³-hybridized carbons (Fsp3) is 0.457. The molecule has 0 spiro atoms. The van der Waals surface area contributed by atoms with Crippen molar-refractivity contribution in [2.24, 2.45) is 5.92 Å². The number of ketones is 1. The van der Waals surface area contributed by atoms with Gasteiger partial charge in [0.25, 0.3) is 0 Å². The minimum Gasteiger partial charge on any atom is -0.383 e. The van der Waals surface area contributed by atoms with Crippen LogP contribution in [0.3, 0.4) is 0 Å². The molecule has 1 amide bonds. The summed E-state index contributed by atoms with van der Waals surface area (Å²) in [4.78, 5) is 87.2. The fourth-order valence-corrected chi connectivity index (χ4v) is 7.72. The molecule has 3 heterocycles. The van der Waals surface area contributed by atoms with Gasteiger partial charge in [-0.1, -0.05) is 29.8 Å². The second kappa shape index (κ2) is 22.0. The Morgan fingerprint density at radius 3 is 2.38 bits per heavy atom. The highest BCUT2D eigenvalue weighted by molar-refractivity contribution is 7.47. The maximum Gasteiger partial charge on any atom is 0.472 e. The van der Waals surface area contributed by atoms with Crippen LogP contribution in [0.2, 0.25) is 5.02 Å². The van der Waals surface area contributed by atoms with E-state index < -0.39 is 89.8 Å². The van der Waals surface area contributed by atoms with E-state index in [9.17, 15) is 43.3 Å². The normalized spacial score (nSPS) is 15.9. The lowest BCUT2D eigenvalue weighted by Crippen LogP contribution is -2.46. The first-order valence-corrected chi connectivity index (χ1v) is 21.7. The van der Waals surface area contributed by atoms with Gasteiger partial charge in [0, 0.05) is 51.2 Å². The maximum absolute atomic E-state index is 14.5. The zero-order valence-electron chi connectivity index (χ0n) is 33.2. The Bertz CT molecular complexity index is 2300. The Balaban J connectivity index is 1.70. The monoisotopic (exact) mass is 915 g/mol. The van der Waals surface area contributed by atoms with Crippen LogP contribution in [0.5, 0.6) is 0 Å². The molecule has 0 radical (unpaired) electrons. The second-order valence-corrected chi connectivity index (χ2v) is 16.6. The third kappa shape index (κ3) is 14.0. The van der Waals surface area contributed by atoms with Crippen molar-refractivity contribution >= 4 is 61.7 Å². The van der Waals surface area contributed by atoms with Crippen LogP contribution in [0.15, 0.2) is 66.6 Å². The van der Waals surface area contributed by atoms with Gasteiger partial charge in [0.05, 0.1) is 38.2 Å².